The average Bonchev–Trinajstić information content (AvgIpc) is 2.63. The van der Waals surface area contributed by atoms with Crippen molar-refractivity contribution in [2.24, 2.45) is 5.92 Å². The van der Waals surface area contributed by atoms with E-state index < -0.39 is 24.0 Å². The van der Waals surface area contributed by atoms with E-state index in [2.05, 4.69) is 5.32 Å². The smallest absolute Gasteiger partial charge is 0.326 e. The summed E-state index contributed by atoms with van der Waals surface area (Å²) in [6.45, 7) is 2.13. The average molecular weight is 231 g/mol. The minimum absolute atomic E-state index is 0.00216. The highest BCUT2D eigenvalue weighted by Gasteiger charge is 2.33. The molecule has 0 spiro atoms. The summed E-state index contributed by atoms with van der Waals surface area (Å²) >= 11 is 0. The molecule has 1 fully saturated rings. The zero-order valence-electron chi connectivity index (χ0n) is 9.18. The highest BCUT2D eigenvalue weighted by Crippen LogP contribution is 2.20. The van der Waals surface area contributed by atoms with Crippen LogP contribution >= 0.6 is 0 Å². The molecule has 1 amide bonds. The second-order valence-corrected chi connectivity index (χ2v) is 3.97. The highest BCUT2D eigenvalue weighted by molar-refractivity contribution is 5.86. The van der Waals surface area contributed by atoms with Gasteiger partial charge in [0.15, 0.2) is 0 Å². The fourth-order valence-electron chi connectivity index (χ4n) is 1.67. The summed E-state index contributed by atoms with van der Waals surface area (Å²) in [6, 6.07) is -1.05. The Morgan fingerprint density at radius 1 is 1.56 bits per heavy atom. The first-order valence-corrected chi connectivity index (χ1v) is 5.32. The SMILES string of the molecule is CC1CCOC1C(=O)NC(CCO)C(=O)O. The molecule has 16 heavy (non-hydrogen) atoms. The number of carbonyl (C=O) groups is 2. The maximum absolute atomic E-state index is 11.7. The van der Waals surface area contributed by atoms with Crippen LogP contribution < -0.4 is 5.32 Å². The van der Waals surface area contributed by atoms with Crippen LogP contribution in [0.2, 0.25) is 0 Å². The van der Waals surface area contributed by atoms with Crippen LogP contribution in [0.3, 0.4) is 0 Å². The van der Waals surface area contributed by atoms with E-state index in [4.69, 9.17) is 14.9 Å². The van der Waals surface area contributed by atoms with E-state index in [9.17, 15) is 9.59 Å². The number of ether oxygens (including phenoxy) is 1. The van der Waals surface area contributed by atoms with E-state index in [1.165, 1.54) is 0 Å². The number of rotatable bonds is 5. The first kappa shape index (κ1) is 12.9. The Hall–Kier alpha value is -1.14. The Kier molecular flexibility index (Phi) is 4.70. The molecule has 0 saturated carbocycles. The maximum atomic E-state index is 11.7. The molecule has 6 heteroatoms. The van der Waals surface area contributed by atoms with Gasteiger partial charge in [0.05, 0.1) is 0 Å². The molecular weight excluding hydrogens is 214 g/mol. The van der Waals surface area contributed by atoms with Crippen LogP contribution in [0.1, 0.15) is 19.8 Å². The molecule has 3 atom stereocenters. The lowest BCUT2D eigenvalue weighted by Gasteiger charge is -2.18. The number of amides is 1. The van der Waals surface area contributed by atoms with Gasteiger partial charge in [-0.2, -0.15) is 0 Å². The predicted molar refractivity (Wildman–Crippen MR) is 54.8 cm³/mol. The molecule has 92 valence electrons. The van der Waals surface area contributed by atoms with Gasteiger partial charge in [0, 0.05) is 19.6 Å². The molecule has 3 N–H and O–H groups in total. The summed E-state index contributed by atoms with van der Waals surface area (Å²) in [6.07, 6.45) is 0.235. The van der Waals surface area contributed by atoms with Crippen molar-refractivity contribution in [3.8, 4) is 0 Å². The third-order valence-electron chi connectivity index (χ3n) is 2.68. The van der Waals surface area contributed by atoms with E-state index in [0.717, 1.165) is 6.42 Å². The Balaban J connectivity index is 2.50. The molecule has 1 aliphatic heterocycles. The number of carboxylic acids is 1. The van der Waals surface area contributed by atoms with E-state index >= 15 is 0 Å². The number of hydrogen-bond donors (Lipinski definition) is 3. The summed E-state index contributed by atoms with van der Waals surface area (Å²) < 4.78 is 5.22. The normalized spacial score (nSPS) is 26.4. The second-order valence-electron chi connectivity index (χ2n) is 3.97. The number of aliphatic carboxylic acids is 1. The number of carbonyl (C=O) groups excluding carboxylic acids is 1. The van der Waals surface area contributed by atoms with Gasteiger partial charge >= 0.3 is 5.97 Å². The first-order chi connectivity index (χ1) is 7.56. The molecule has 1 heterocycles. The van der Waals surface area contributed by atoms with E-state index in [1.54, 1.807) is 0 Å². The molecule has 0 aromatic carbocycles. The molecule has 1 rings (SSSR count). The summed E-state index contributed by atoms with van der Waals surface area (Å²) in [7, 11) is 0. The highest BCUT2D eigenvalue weighted by atomic mass is 16.5. The largest absolute Gasteiger partial charge is 0.480 e. The summed E-state index contributed by atoms with van der Waals surface area (Å²) in [5.41, 5.74) is 0. The van der Waals surface area contributed by atoms with Gasteiger partial charge in [0.1, 0.15) is 12.1 Å². The molecule has 0 aliphatic carbocycles. The maximum Gasteiger partial charge on any atom is 0.326 e. The van der Waals surface area contributed by atoms with Crippen LogP contribution in [0, 0.1) is 5.92 Å². The Morgan fingerprint density at radius 2 is 2.25 bits per heavy atom. The Bertz CT molecular complexity index is 268. The van der Waals surface area contributed by atoms with Gasteiger partial charge in [-0.05, 0) is 12.3 Å². The lowest BCUT2D eigenvalue weighted by molar-refractivity contribution is -0.144. The molecule has 0 bridgehead atoms. The van der Waals surface area contributed by atoms with Crippen LogP contribution in [0.15, 0.2) is 0 Å². The van der Waals surface area contributed by atoms with Crippen molar-refractivity contribution in [2.75, 3.05) is 13.2 Å². The third kappa shape index (κ3) is 3.18. The van der Waals surface area contributed by atoms with Crippen molar-refractivity contribution in [1.82, 2.24) is 5.32 Å². The fraction of sp³-hybridized carbons (Fsp3) is 0.800. The molecule has 1 aliphatic rings. The Labute approximate surface area is 93.6 Å². The minimum Gasteiger partial charge on any atom is -0.480 e. The molecule has 0 aromatic heterocycles. The molecule has 0 aromatic rings. The van der Waals surface area contributed by atoms with Crippen LogP contribution in [-0.2, 0) is 14.3 Å². The van der Waals surface area contributed by atoms with Crippen molar-refractivity contribution in [3.05, 3.63) is 0 Å². The van der Waals surface area contributed by atoms with Gasteiger partial charge in [-0.3, -0.25) is 4.79 Å². The molecule has 1 saturated heterocycles. The molecule has 3 unspecified atom stereocenters. The van der Waals surface area contributed by atoms with Crippen LogP contribution in [-0.4, -0.2) is 47.4 Å². The van der Waals surface area contributed by atoms with Crippen molar-refractivity contribution in [3.63, 3.8) is 0 Å². The fourth-order valence-corrected chi connectivity index (χ4v) is 1.67. The number of nitrogens with one attached hydrogen (secondary N) is 1. The van der Waals surface area contributed by atoms with Gasteiger partial charge in [-0.25, -0.2) is 4.79 Å². The van der Waals surface area contributed by atoms with Gasteiger partial charge in [0.2, 0.25) is 5.91 Å². The molecular formula is C10H17NO5. The first-order valence-electron chi connectivity index (χ1n) is 5.32. The summed E-state index contributed by atoms with van der Waals surface area (Å²) in [5.74, 6) is -1.46. The standard InChI is InChI=1S/C10H17NO5/c1-6-3-5-16-8(6)9(13)11-7(2-4-12)10(14)15/h6-8,12H,2-5H2,1H3,(H,11,13)(H,14,15). The summed E-state index contributed by atoms with van der Waals surface area (Å²) in [5, 5.41) is 19.8. The van der Waals surface area contributed by atoms with Crippen molar-refractivity contribution >= 4 is 11.9 Å². The van der Waals surface area contributed by atoms with E-state index in [1.807, 2.05) is 6.92 Å². The monoisotopic (exact) mass is 231 g/mol. The third-order valence-corrected chi connectivity index (χ3v) is 2.68. The zero-order valence-corrected chi connectivity index (χ0v) is 9.18. The lowest BCUT2D eigenvalue weighted by Crippen LogP contribution is -2.47. The quantitative estimate of drug-likeness (QED) is 0.585. The van der Waals surface area contributed by atoms with Crippen LogP contribution in [0.25, 0.3) is 0 Å². The van der Waals surface area contributed by atoms with Gasteiger partial charge < -0.3 is 20.3 Å². The predicted octanol–water partition coefficient (Wildman–Crippen LogP) is -0.637. The van der Waals surface area contributed by atoms with Crippen molar-refractivity contribution in [2.45, 2.75) is 31.9 Å². The Morgan fingerprint density at radius 3 is 2.69 bits per heavy atom. The van der Waals surface area contributed by atoms with Gasteiger partial charge in [0.25, 0.3) is 0 Å². The van der Waals surface area contributed by atoms with E-state index in [-0.39, 0.29) is 18.9 Å². The van der Waals surface area contributed by atoms with Gasteiger partial charge in [-0.15, -0.1) is 0 Å². The molecule has 6 nitrogen and oxygen atoms in total. The van der Waals surface area contributed by atoms with Crippen LogP contribution in [0.5, 0.6) is 0 Å². The van der Waals surface area contributed by atoms with Crippen molar-refractivity contribution in [1.29, 1.82) is 0 Å². The topological polar surface area (TPSA) is 95.9 Å². The van der Waals surface area contributed by atoms with Crippen LogP contribution in [0.4, 0.5) is 0 Å². The number of aliphatic hydroxyl groups is 1. The number of hydrogen-bond acceptors (Lipinski definition) is 4. The van der Waals surface area contributed by atoms with Gasteiger partial charge in [-0.1, -0.05) is 6.92 Å². The minimum atomic E-state index is -1.15. The number of aliphatic hydroxyl groups excluding tert-OH is 1. The molecule has 0 radical (unpaired) electrons. The zero-order chi connectivity index (χ0) is 12.1. The number of carboxylic acid groups (broad SMARTS) is 1. The van der Waals surface area contributed by atoms with E-state index in [0.29, 0.717) is 6.61 Å². The van der Waals surface area contributed by atoms with Crippen molar-refractivity contribution < 1.29 is 24.5 Å². The lowest BCUT2D eigenvalue weighted by atomic mass is 10.0. The summed E-state index contributed by atoms with van der Waals surface area (Å²) in [4.78, 5) is 22.4. The second kappa shape index (κ2) is 5.81.